The molecule has 11 heteroatoms. The van der Waals surface area contributed by atoms with Crippen LogP contribution in [-0.2, 0) is 13.6 Å². The Kier molecular flexibility index (Phi) is 5.10. The summed E-state index contributed by atoms with van der Waals surface area (Å²) >= 11 is 0. The lowest BCUT2D eigenvalue weighted by Gasteiger charge is -2.43. The van der Waals surface area contributed by atoms with Crippen molar-refractivity contribution in [2.75, 3.05) is 6.61 Å². The van der Waals surface area contributed by atoms with Crippen molar-refractivity contribution in [1.82, 2.24) is 0 Å². The summed E-state index contributed by atoms with van der Waals surface area (Å²) in [5, 5.41) is 0. The van der Waals surface area contributed by atoms with Crippen LogP contribution < -0.4 is 4.89 Å². The van der Waals surface area contributed by atoms with E-state index in [1.165, 1.54) is 0 Å². The second-order valence-electron chi connectivity index (χ2n) is 4.98. The van der Waals surface area contributed by atoms with E-state index < -0.39 is 57.1 Å². The normalized spacial score (nSPS) is 41.0. The van der Waals surface area contributed by atoms with E-state index in [2.05, 4.69) is 9.05 Å². The first kappa shape index (κ1) is 18.7. The van der Waals surface area contributed by atoms with Crippen LogP contribution in [0.4, 0.5) is 26.3 Å². The van der Waals surface area contributed by atoms with E-state index in [-0.39, 0.29) is 0 Å². The molecular weight excluding hydrogens is 329 g/mol. The maximum atomic E-state index is 14.3. The standard InChI is InChI=1S/C10H15F6O4P/c1-6(2)9(14)10(15,16)8(12,13)7(11)4-3-5-19-21(17,18)20-9/h6-7H,3-5H2,1-2H3,(H,17,18)/p-1. The highest BCUT2D eigenvalue weighted by Gasteiger charge is 2.75. The first-order chi connectivity index (χ1) is 9.28. The van der Waals surface area contributed by atoms with E-state index in [0.717, 1.165) is 0 Å². The third-order valence-corrected chi connectivity index (χ3v) is 4.07. The molecule has 1 saturated heterocycles. The fourth-order valence-corrected chi connectivity index (χ4v) is 2.81. The van der Waals surface area contributed by atoms with Gasteiger partial charge in [0.15, 0.2) is 6.17 Å². The van der Waals surface area contributed by atoms with Crippen molar-refractivity contribution in [2.24, 2.45) is 5.92 Å². The Morgan fingerprint density at radius 1 is 1.24 bits per heavy atom. The van der Waals surface area contributed by atoms with Gasteiger partial charge in [-0.3, -0.25) is 9.09 Å². The van der Waals surface area contributed by atoms with Crippen LogP contribution in [0.25, 0.3) is 0 Å². The van der Waals surface area contributed by atoms with Gasteiger partial charge in [0, 0.05) is 5.92 Å². The Morgan fingerprint density at radius 3 is 2.24 bits per heavy atom. The molecule has 21 heavy (non-hydrogen) atoms. The molecule has 0 saturated carbocycles. The van der Waals surface area contributed by atoms with Crippen LogP contribution in [0.2, 0.25) is 0 Å². The lowest BCUT2D eigenvalue weighted by molar-refractivity contribution is -0.367. The molecule has 3 atom stereocenters. The smallest absolute Gasteiger partial charge is 0.370 e. The minimum Gasteiger partial charge on any atom is -0.756 e. The summed E-state index contributed by atoms with van der Waals surface area (Å²) in [5.74, 6) is -17.8. The van der Waals surface area contributed by atoms with Gasteiger partial charge in [-0.1, -0.05) is 13.8 Å². The van der Waals surface area contributed by atoms with Gasteiger partial charge in [0.25, 0.3) is 13.7 Å². The van der Waals surface area contributed by atoms with Crippen molar-refractivity contribution >= 4 is 7.82 Å². The molecule has 1 aliphatic rings. The topological polar surface area (TPSA) is 58.6 Å². The average molecular weight is 343 g/mol. The average Bonchev–Trinajstić information content (AvgIpc) is 2.31. The molecule has 0 bridgehead atoms. The molecule has 126 valence electrons. The Bertz CT molecular complexity index is 432. The highest BCUT2D eigenvalue weighted by Crippen LogP contribution is 2.57. The zero-order chi connectivity index (χ0) is 16.7. The van der Waals surface area contributed by atoms with E-state index in [0.29, 0.717) is 13.8 Å². The molecule has 1 heterocycles. The van der Waals surface area contributed by atoms with Crippen molar-refractivity contribution in [1.29, 1.82) is 0 Å². The van der Waals surface area contributed by atoms with Crippen LogP contribution in [0.5, 0.6) is 0 Å². The first-order valence-corrected chi connectivity index (χ1v) is 7.49. The van der Waals surface area contributed by atoms with Gasteiger partial charge < -0.3 is 9.42 Å². The van der Waals surface area contributed by atoms with Gasteiger partial charge >= 0.3 is 11.8 Å². The van der Waals surface area contributed by atoms with Crippen LogP contribution in [-0.4, -0.2) is 30.5 Å². The molecule has 4 nitrogen and oxygen atoms in total. The minimum atomic E-state index is -5.71. The SMILES string of the molecule is CC(C)C1(F)OP(=O)([O-])OCCCC(F)C(F)(F)C1(F)F. The van der Waals surface area contributed by atoms with Crippen molar-refractivity contribution in [2.45, 2.75) is 50.6 Å². The molecule has 0 radical (unpaired) electrons. The molecule has 0 aromatic heterocycles. The lowest BCUT2D eigenvalue weighted by atomic mass is 9.90. The summed E-state index contributed by atoms with van der Waals surface area (Å²) in [6.45, 7) is 0.614. The molecule has 1 aliphatic heterocycles. The molecule has 1 fully saturated rings. The van der Waals surface area contributed by atoms with Gasteiger partial charge in [0.2, 0.25) is 0 Å². The summed E-state index contributed by atoms with van der Waals surface area (Å²) in [5.41, 5.74) is 0. The van der Waals surface area contributed by atoms with E-state index in [4.69, 9.17) is 0 Å². The largest absolute Gasteiger partial charge is 0.756 e. The number of alkyl halides is 6. The maximum Gasteiger partial charge on any atom is 0.370 e. The van der Waals surface area contributed by atoms with Gasteiger partial charge in [-0.15, -0.1) is 0 Å². The molecule has 0 aromatic rings. The Morgan fingerprint density at radius 2 is 1.76 bits per heavy atom. The van der Waals surface area contributed by atoms with Crippen LogP contribution >= 0.6 is 7.82 Å². The summed E-state index contributed by atoms with van der Waals surface area (Å²) in [6.07, 6.45) is -5.07. The summed E-state index contributed by atoms with van der Waals surface area (Å²) in [4.78, 5) is 11.3. The van der Waals surface area contributed by atoms with Crippen LogP contribution in [0.15, 0.2) is 0 Å². The number of halogens is 6. The van der Waals surface area contributed by atoms with E-state index >= 15 is 0 Å². The second kappa shape index (κ2) is 5.72. The second-order valence-corrected chi connectivity index (χ2v) is 6.31. The van der Waals surface area contributed by atoms with Crippen LogP contribution in [0, 0.1) is 5.92 Å². The number of phosphoric ester groups is 1. The zero-order valence-electron chi connectivity index (χ0n) is 11.1. The fraction of sp³-hybridized carbons (Fsp3) is 1.00. The third-order valence-electron chi connectivity index (χ3n) is 3.08. The molecule has 1 rings (SSSR count). The predicted molar refractivity (Wildman–Crippen MR) is 57.3 cm³/mol. The minimum absolute atomic E-state index is 0.580. The highest BCUT2D eigenvalue weighted by atomic mass is 31.2. The summed E-state index contributed by atoms with van der Waals surface area (Å²) < 4.78 is 101. The van der Waals surface area contributed by atoms with E-state index in [1.807, 2.05) is 0 Å². The molecule has 3 unspecified atom stereocenters. The van der Waals surface area contributed by atoms with Gasteiger partial charge in [0.05, 0.1) is 6.61 Å². The van der Waals surface area contributed by atoms with Gasteiger partial charge in [-0.2, -0.15) is 17.6 Å². The van der Waals surface area contributed by atoms with Crippen LogP contribution in [0.1, 0.15) is 26.7 Å². The van der Waals surface area contributed by atoms with E-state index in [9.17, 15) is 35.8 Å². The van der Waals surface area contributed by atoms with Crippen molar-refractivity contribution in [3.63, 3.8) is 0 Å². The van der Waals surface area contributed by atoms with Gasteiger partial charge in [0.1, 0.15) is 0 Å². The third kappa shape index (κ3) is 3.23. The molecule has 0 amide bonds. The number of phosphoric acid groups is 1. The number of hydrogen-bond acceptors (Lipinski definition) is 4. The Hall–Kier alpha value is -0.310. The number of rotatable bonds is 1. The van der Waals surface area contributed by atoms with Gasteiger partial charge in [-0.25, -0.2) is 8.78 Å². The predicted octanol–water partition coefficient (Wildman–Crippen LogP) is 3.21. The van der Waals surface area contributed by atoms with Crippen molar-refractivity contribution < 1.29 is 44.8 Å². The molecule has 0 aromatic carbocycles. The highest BCUT2D eigenvalue weighted by molar-refractivity contribution is 7.45. The van der Waals surface area contributed by atoms with Crippen molar-refractivity contribution in [3.05, 3.63) is 0 Å². The Balaban J connectivity index is 3.40. The molecule has 0 N–H and O–H groups in total. The monoisotopic (exact) mass is 343 g/mol. The molecular formula is C10H14F6O4P-. The Labute approximate surface area is 117 Å². The first-order valence-electron chi connectivity index (χ1n) is 6.03. The number of hydrogen-bond donors (Lipinski definition) is 0. The quantitative estimate of drug-likeness (QED) is 0.542. The van der Waals surface area contributed by atoms with E-state index in [1.54, 1.807) is 0 Å². The molecule has 0 spiro atoms. The molecule has 0 aliphatic carbocycles. The van der Waals surface area contributed by atoms with Crippen LogP contribution in [0.3, 0.4) is 0 Å². The van der Waals surface area contributed by atoms with Gasteiger partial charge in [-0.05, 0) is 12.8 Å². The fourth-order valence-electron chi connectivity index (χ4n) is 1.76. The lowest BCUT2D eigenvalue weighted by Crippen LogP contribution is -2.63. The van der Waals surface area contributed by atoms with Crippen molar-refractivity contribution in [3.8, 4) is 0 Å². The summed E-state index contributed by atoms with van der Waals surface area (Å²) in [7, 11) is -5.60. The maximum absolute atomic E-state index is 14.3. The summed E-state index contributed by atoms with van der Waals surface area (Å²) in [6, 6.07) is 0. The zero-order valence-corrected chi connectivity index (χ0v) is 12.0.